The molecule has 0 N–H and O–H groups in total. The molecule has 230 valence electrons. The highest BCUT2D eigenvalue weighted by molar-refractivity contribution is 8.93. The lowest BCUT2D eigenvalue weighted by Crippen LogP contribution is -2.27. The number of pyridine rings is 1. The molecule has 0 saturated carbocycles. The quantitative estimate of drug-likeness (QED) is 0.116. The summed E-state index contributed by atoms with van der Waals surface area (Å²) >= 11 is 0. The molecule has 0 atom stereocenters. The number of methoxy groups -OCH3 is 1. The number of hydrogen-bond donors (Lipinski definition) is 0. The molecule has 0 aliphatic rings. The summed E-state index contributed by atoms with van der Waals surface area (Å²) in [6, 6.07) is 18.1. The topological polar surface area (TPSA) is 51.7 Å². The second-order valence-corrected chi connectivity index (χ2v) is 11.0. The Morgan fingerprint density at radius 1 is 0.762 bits per heavy atom. The van der Waals surface area contributed by atoms with Crippen molar-refractivity contribution in [3.05, 3.63) is 83.7 Å². The van der Waals surface area contributed by atoms with Crippen LogP contribution in [0.5, 0.6) is 11.5 Å². The minimum Gasteiger partial charge on any atom is -0.493 e. The van der Waals surface area contributed by atoms with Crippen LogP contribution in [0, 0.1) is 0 Å². The first kappa shape index (κ1) is 35.3. The maximum absolute atomic E-state index is 12.7. The molecule has 5 nitrogen and oxygen atoms in total. The molecule has 0 bridgehead atoms. The Labute approximate surface area is 264 Å². The van der Waals surface area contributed by atoms with Crippen LogP contribution < -0.4 is 14.4 Å². The van der Waals surface area contributed by atoms with Crippen LogP contribution >= 0.6 is 17.0 Å². The van der Waals surface area contributed by atoms with E-state index in [4.69, 9.17) is 9.47 Å². The van der Waals surface area contributed by atoms with Gasteiger partial charge in [-0.2, -0.15) is 0 Å². The molecule has 0 fully saturated rings. The number of hydrogen-bond acceptors (Lipinski definition) is 4. The highest BCUT2D eigenvalue weighted by Gasteiger charge is 2.15. The van der Waals surface area contributed by atoms with Crippen molar-refractivity contribution in [2.45, 2.75) is 104 Å². The standard InChI is InChI=1S/C36H50N2O3.BrH/c1-4-5-6-7-8-9-10-11-12-13-14-15-24-41-36-27-33(21-22-35(36)40-3)29-38(30(2)39)34-20-16-18-31(26-34)25-32-19-17-23-37-28-32;/h16-23,26-28H,4-15,24-25,29H2,1-3H3;1H. The molecule has 0 aliphatic heterocycles. The van der Waals surface area contributed by atoms with E-state index in [-0.39, 0.29) is 22.9 Å². The van der Waals surface area contributed by atoms with Crippen molar-refractivity contribution < 1.29 is 14.3 Å². The van der Waals surface area contributed by atoms with E-state index in [1.807, 2.05) is 47.5 Å². The lowest BCUT2D eigenvalue weighted by Gasteiger charge is -2.23. The van der Waals surface area contributed by atoms with E-state index in [2.05, 4.69) is 30.1 Å². The SMILES string of the molecule is Br.CCCCCCCCCCCCCCOc1cc(CN(C(C)=O)c2cccc(Cc3cccnc3)c2)ccc1OC. The number of anilines is 1. The van der Waals surface area contributed by atoms with Gasteiger partial charge in [-0.1, -0.05) is 102 Å². The maximum Gasteiger partial charge on any atom is 0.224 e. The third kappa shape index (κ3) is 13.0. The predicted octanol–water partition coefficient (Wildman–Crippen LogP) is 9.89. The first-order chi connectivity index (χ1) is 20.1. The molecule has 0 radical (unpaired) electrons. The molecular weight excluding hydrogens is 588 g/mol. The second-order valence-electron chi connectivity index (χ2n) is 11.0. The molecule has 1 amide bonds. The van der Waals surface area contributed by atoms with E-state index >= 15 is 0 Å². The van der Waals surface area contributed by atoms with Gasteiger partial charge in [0.25, 0.3) is 0 Å². The highest BCUT2D eigenvalue weighted by Crippen LogP contribution is 2.30. The first-order valence-corrected chi connectivity index (χ1v) is 15.7. The Bertz CT molecular complexity index is 1160. The van der Waals surface area contributed by atoms with E-state index in [0.717, 1.165) is 46.7 Å². The van der Waals surface area contributed by atoms with E-state index in [1.54, 1.807) is 20.2 Å². The lowest BCUT2D eigenvalue weighted by atomic mass is 10.1. The Morgan fingerprint density at radius 2 is 1.43 bits per heavy atom. The number of rotatable bonds is 20. The van der Waals surface area contributed by atoms with Crippen molar-refractivity contribution in [1.29, 1.82) is 0 Å². The van der Waals surface area contributed by atoms with Gasteiger partial charge in [0.2, 0.25) is 5.91 Å². The summed E-state index contributed by atoms with van der Waals surface area (Å²) in [6.45, 7) is 5.02. The Hall–Kier alpha value is -2.86. The highest BCUT2D eigenvalue weighted by atomic mass is 79.9. The van der Waals surface area contributed by atoms with Gasteiger partial charge in [-0.05, 0) is 59.9 Å². The van der Waals surface area contributed by atoms with Gasteiger partial charge in [0, 0.05) is 25.0 Å². The Balaban J connectivity index is 0.00000616. The molecule has 2 aromatic carbocycles. The average molecular weight is 640 g/mol. The van der Waals surface area contributed by atoms with Crippen LogP contribution in [0.4, 0.5) is 5.69 Å². The summed E-state index contributed by atoms with van der Waals surface area (Å²) in [5.41, 5.74) is 4.17. The molecule has 0 spiro atoms. The zero-order valence-corrected chi connectivity index (χ0v) is 27.7. The summed E-state index contributed by atoms with van der Waals surface area (Å²) in [5, 5.41) is 0. The van der Waals surface area contributed by atoms with E-state index in [9.17, 15) is 4.79 Å². The van der Waals surface area contributed by atoms with E-state index in [0.29, 0.717) is 13.2 Å². The third-order valence-corrected chi connectivity index (χ3v) is 7.56. The Kier molecular flexibility index (Phi) is 17.6. The maximum atomic E-state index is 12.7. The molecule has 3 aromatic rings. The number of ether oxygens (including phenoxy) is 2. The number of benzene rings is 2. The Morgan fingerprint density at radius 3 is 2.05 bits per heavy atom. The molecule has 3 rings (SSSR count). The molecule has 42 heavy (non-hydrogen) atoms. The van der Waals surface area contributed by atoms with Crippen LogP contribution in [0.25, 0.3) is 0 Å². The molecular formula is C36H51BrN2O3. The lowest BCUT2D eigenvalue weighted by molar-refractivity contribution is -0.116. The van der Waals surface area contributed by atoms with Crippen LogP contribution in [-0.2, 0) is 17.8 Å². The van der Waals surface area contributed by atoms with Crippen LogP contribution in [0.2, 0.25) is 0 Å². The molecule has 0 saturated heterocycles. The van der Waals surface area contributed by atoms with Gasteiger partial charge in [0.05, 0.1) is 20.3 Å². The first-order valence-electron chi connectivity index (χ1n) is 15.7. The number of amides is 1. The number of halogens is 1. The zero-order valence-electron chi connectivity index (χ0n) is 26.0. The zero-order chi connectivity index (χ0) is 29.1. The molecule has 1 heterocycles. The minimum absolute atomic E-state index is 0. The monoisotopic (exact) mass is 638 g/mol. The second kappa shape index (κ2) is 20.9. The largest absolute Gasteiger partial charge is 0.493 e. The molecule has 0 aliphatic carbocycles. The fourth-order valence-electron chi connectivity index (χ4n) is 5.20. The van der Waals surface area contributed by atoms with E-state index in [1.165, 1.54) is 70.6 Å². The van der Waals surface area contributed by atoms with Gasteiger partial charge in [0.1, 0.15) is 0 Å². The number of nitrogens with zero attached hydrogens (tertiary/aromatic N) is 2. The van der Waals surface area contributed by atoms with Crippen molar-refractivity contribution in [3.63, 3.8) is 0 Å². The fraction of sp³-hybridized carbons (Fsp3) is 0.500. The number of unbranched alkanes of at least 4 members (excludes halogenated alkanes) is 11. The van der Waals surface area contributed by atoms with Crippen LogP contribution in [0.3, 0.4) is 0 Å². The van der Waals surface area contributed by atoms with Gasteiger partial charge in [0.15, 0.2) is 11.5 Å². The predicted molar refractivity (Wildman–Crippen MR) is 180 cm³/mol. The van der Waals surface area contributed by atoms with Gasteiger partial charge in [-0.25, -0.2) is 0 Å². The number of carbonyl (C=O) groups excluding carboxylic acids is 1. The van der Waals surface area contributed by atoms with Gasteiger partial charge >= 0.3 is 0 Å². The average Bonchev–Trinajstić information content (AvgIpc) is 2.99. The molecule has 1 aromatic heterocycles. The van der Waals surface area contributed by atoms with Gasteiger partial charge in [-0.3, -0.25) is 9.78 Å². The normalized spacial score (nSPS) is 10.6. The third-order valence-electron chi connectivity index (χ3n) is 7.56. The van der Waals surface area contributed by atoms with Crippen molar-refractivity contribution >= 4 is 28.6 Å². The summed E-state index contributed by atoms with van der Waals surface area (Å²) in [4.78, 5) is 18.7. The van der Waals surface area contributed by atoms with Crippen molar-refractivity contribution in [2.24, 2.45) is 0 Å². The minimum atomic E-state index is -0.00157. The molecule has 6 heteroatoms. The van der Waals surface area contributed by atoms with Crippen molar-refractivity contribution in [3.8, 4) is 11.5 Å². The number of aromatic nitrogens is 1. The van der Waals surface area contributed by atoms with Crippen LogP contribution in [-0.4, -0.2) is 24.6 Å². The summed E-state index contributed by atoms with van der Waals surface area (Å²) < 4.78 is 11.7. The van der Waals surface area contributed by atoms with Gasteiger partial charge in [-0.15, -0.1) is 17.0 Å². The van der Waals surface area contributed by atoms with E-state index < -0.39 is 0 Å². The number of carbonyl (C=O) groups is 1. The smallest absolute Gasteiger partial charge is 0.224 e. The molecule has 0 unspecified atom stereocenters. The van der Waals surface area contributed by atoms with Crippen LogP contribution in [0.15, 0.2) is 67.0 Å². The summed E-state index contributed by atoms with van der Waals surface area (Å²) in [5.74, 6) is 1.46. The van der Waals surface area contributed by atoms with Gasteiger partial charge < -0.3 is 14.4 Å². The van der Waals surface area contributed by atoms with Crippen LogP contribution in [0.1, 0.15) is 108 Å². The summed E-state index contributed by atoms with van der Waals surface area (Å²) in [6.07, 6.45) is 20.3. The summed E-state index contributed by atoms with van der Waals surface area (Å²) in [7, 11) is 1.67. The van der Waals surface area contributed by atoms with Crippen molar-refractivity contribution in [2.75, 3.05) is 18.6 Å². The van der Waals surface area contributed by atoms with Crippen molar-refractivity contribution in [1.82, 2.24) is 4.98 Å². The fourth-order valence-corrected chi connectivity index (χ4v) is 5.20.